The topological polar surface area (TPSA) is 74.5 Å². The Bertz CT molecular complexity index is 697. The number of nitrogens with one attached hydrogen (secondary N) is 2. The molecule has 0 saturated heterocycles. The van der Waals surface area contributed by atoms with Crippen molar-refractivity contribution in [3.05, 3.63) is 54.1 Å². The van der Waals surface area contributed by atoms with E-state index in [4.69, 9.17) is 0 Å². The van der Waals surface area contributed by atoms with Crippen LogP contribution >= 0.6 is 24.0 Å². The summed E-state index contributed by atoms with van der Waals surface area (Å²) < 4.78 is 2.14. The van der Waals surface area contributed by atoms with Crippen molar-refractivity contribution in [1.29, 1.82) is 0 Å². The lowest BCUT2D eigenvalue weighted by Gasteiger charge is -2.25. The zero-order chi connectivity index (χ0) is 19.0. The van der Waals surface area contributed by atoms with E-state index in [-0.39, 0.29) is 24.0 Å². The van der Waals surface area contributed by atoms with Gasteiger partial charge in [0.25, 0.3) is 0 Å². The van der Waals surface area contributed by atoms with Gasteiger partial charge in [0.05, 0.1) is 6.54 Å². The molecular weight excluding hydrogens is 453 g/mol. The van der Waals surface area contributed by atoms with Crippen LogP contribution in [0.4, 0.5) is 0 Å². The molecule has 3 N–H and O–H groups in total. The van der Waals surface area contributed by atoms with E-state index in [9.17, 15) is 5.11 Å². The predicted molar refractivity (Wildman–Crippen MR) is 121 cm³/mol. The van der Waals surface area contributed by atoms with Crippen LogP contribution in [-0.2, 0) is 18.7 Å². The van der Waals surface area contributed by atoms with Crippen molar-refractivity contribution in [1.82, 2.24) is 20.2 Å². The highest BCUT2D eigenvalue weighted by Crippen LogP contribution is 2.18. The zero-order valence-corrected chi connectivity index (χ0v) is 19.0. The van der Waals surface area contributed by atoms with Crippen molar-refractivity contribution in [2.24, 2.45) is 10.9 Å². The number of guanidine groups is 1. The van der Waals surface area contributed by atoms with E-state index < -0.39 is 5.60 Å². The summed E-state index contributed by atoms with van der Waals surface area (Å²) in [6.07, 6.45) is 3.80. The average molecular weight is 485 g/mol. The molecule has 0 aliphatic rings. The van der Waals surface area contributed by atoms with E-state index in [0.717, 1.165) is 24.5 Å². The SMILES string of the molecule is CCNC(=NCc1nccn1CC(C)C)NCC(C)(O)c1ccccc1.I. The van der Waals surface area contributed by atoms with Crippen LogP contribution in [-0.4, -0.2) is 33.7 Å². The van der Waals surface area contributed by atoms with E-state index in [1.54, 1.807) is 6.92 Å². The first-order valence-electron chi connectivity index (χ1n) is 9.22. The third kappa shape index (κ3) is 7.50. The summed E-state index contributed by atoms with van der Waals surface area (Å²) in [6.45, 7) is 10.7. The van der Waals surface area contributed by atoms with Crippen LogP contribution in [0, 0.1) is 5.92 Å². The molecule has 0 amide bonds. The minimum Gasteiger partial charge on any atom is -0.384 e. The summed E-state index contributed by atoms with van der Waals surface area (Å²) in [5.74, 6) is 2.16. The maximum absolute atomic E-state index is 10.7. The molecule has 2 aromatic rings. The number of benzene rings is 1. The van der Waals surface area contributed by atoms with Crippen molar-refractivity contribution in [3.8, 4) is 0 Å². The van der Waals surface area contributed by atoms with Crippen LogP contribution in [0.2, 0.25) is 0 Å². The summed E-state index contributed by atoms with van der Waals surface area (Å²) in [5.41, 5.74) is -0.107. The molecule has 7 heteroatoms. The van der Waals surface area contributed by atoms with Gasteiger partial charge in [-0.25, -0.2) is 9.98 Å². The number of aromatic nitrogens is 2. The minimum absolute atomic E-state index is 0. The van der Waals surface area contributed by atoms with Gasteiger partial charge in [-0.2, -0.15) is 0 Å². The number of imidazole rings is 1. The van der Waals surface area contributed by atoms with Gasteiger partial charge in [0.1, 0.15) is 18.0 Å². The molecule has 2 rings (SSSR count). The smallest absolute Gasteiger partial charge is 0.191 e. The molecule has 1 aromatic heterocycles. The third-order valence-corrected chi connectivity index (χ3v) is 4.08. The monoisotopic (exact) mass is 485 g/mol. The number of nitrogens with zero attached hydrogens (tertiary/aromatic N) is 3. The van der Waals surface area contributed by atoms with Crippen LogP contribution in [0.1, 0.15) is 39.1 Å². The molecule has 1 heterocycles. The fourth-order valence-corrected chi connectivity index (χ4v) is 2.70. The number of aliphatic hydroxyl groups is 1. The Morgan fingerprint density at radius 1 is 1.26 bits per heavy atom. The number of aliphatic imine (C=N–C) groups is 1. The highest BCUT2D eigenvalue weighted by molar-refractivity contribution is 14.0. The fourth-order valence-electron chi connectivity index (χ4n) is 2.70. The first-order chi connectivity index (χ1) is 12.4. The maximum atomic E-state index is 10.7. The zero-order valence-electron chi connectivity index (χ0n) is 16.6. The largest absolute Gasteiger partial charge is 0.384 e. The van der Waals surface area contributed by atoms with Gasteiger partial charge in [-0.1, -0.05) is 44.2 Å². The summed E-state index contributed by atoms with van der Waals surface area (Å²) in [6, 6.07) is 9.65. The van der Waals surface area contributed by atoms with Crippen LogP contribution < -0.4 is 10.6 Å². The number of hydrogen-bond acceptors (Lipinski definition) is 3. The maximum Gasteiger partial charge on any atom is 0.191 e. The Hall–Kier alpha value is -1.61. The molecule has 27 heavy (non-hydrogen) atoms. The molecule has 1 aromatic carbocycles. The van der Waals surface area contributed by atoms with Gasteiger partial charge < -0.3 is 20.3 Å². The van der Waals surface area contributed by atoms with E-state index in [1.807, 2.05) is 49.6 Å². The second-order valence-corrected chi connectivity index (χ2v) is 7.08. The van der Waals surface area contributed by atoms with E-state index in [2.05, 4.69) is 39.0 Å². The van der Waals surface area contributed by atoms with Crippen molar-refractivity contribution in [3.63, 3.8) is 0 Å². The molecular formula is C20H32IN5O. The lowest BCUT2D eigenvalue weighted by molar-refractivity contribution is 0.0617. The molecule has 0 aliphatic carbocycles. The Morgan fingerprint density at radius 2 is 1.96 bits per heavy atom. The Morgan fingerprint density at radius 3 is 2.59 bits per heavy atom. The van der Waals surface area contributed by atoms with Crippen LogP contribution in [0.5, 0.6) is 0 Å². The van der Waals surface area contributed by atoms with Gasteiger partial charge in [0, 0.05) is 25.5 Å². The molecule has 1 unspecified atom stereocenters. The standard InChI is InChI=1S/C20H31N5O.HI/c1-5-21-19(23-13-18-22-11-12-25(18)14-16(2)3)24-15-20(4,26)17-9-7-6-8-10-17;/h6-12,16,26H,5,13-15H2,1-4H3,(H2,21,23,24);1H. The normalized spacial score (nSPS) is 13.8. The molecule has 0 saturated carbocycles. The molecule has 0 spiro atoms. The van der Waals surface area contributed by atoms with Crippen molar-refractivity contribution < 1.29 is 5.11 Å². The number of rotatable bonds is 8. The number of halogens is 1. The van der Waals surface area contributed by atoms with Crippen molar-refractivity contribution in [2.45, 2.75) is 46.4 Å². The quantitative estimate of drug-likeness (QED) is 0.305. The Kier molecular flexibility index (Phi) is 9.79. The van der Waals surface area contributed by atoms with Crippen molar-refractivity contribution >= 4 is 29.9 Å². The molecule has 6 nitrogen and oxygen atoms in total. The summed E-state index contributed by atoms with van der Waals surface area (Å²) >= 11 is 0. The summed E-state index contributed by atoms with van der Waals surface area (Å²) in [5, 5.41) is 17.2. The van der Waals surface area contributed by atoms with Gasteiger partial charge in [0.2, 0.25) is 0 Å². The van der Waals surface area contributed by atoms with E-state index in [0.29, 0.717) is 25.0 Å². The van der Waals surface area contributed by atoms with Gasteiger partial charge in [-0.15, -0.1) is 24.0 Å². The predicted octanol–water partition coefficient (Wildman–Crippen LogP) is 3.12. The average Bonchev–Trinajstić information content (AvgIpc) is 3.04. The fraction of sp³-hybridized carbons (Fsp3) is 0.500. The lowest BCUT2D eigenvalue weighted by Crippen LogP contribution is -2.44. The van der Waals surface area contributed by atoms with E-state index in [1.165, 1.54) is 0 Å². The highest BCUT2D eigenvalue weighted by Gasteiger charge is 2.22. The van der Waals surface area contributed by atoms with Crippen LogP contribution in [0.25, 0.3) is 0 Å². The molecule has 0 fully saturated rings. The van der Waals surface area contributed by atoms with Crippen molar-refractivity contribution in [2.75, 3.05) is 13.1 Å². The van der Waals surface area contributed by atoms with Gasteiger partial charge in [-0.05, 0) is 25.3 Å². The Labute approximate surface area is 179 Å². The summed E-state index contributed by atoms with van der Waals surface area (Å²) in [4.78, 5) is 9.03. The molecule has 0 bridgehead atoms. The van der Waals surface area contributed by atoms with Gasteiger partial charge in [0.15, 0.2) is 5.96 Å². The molecule has 1 atom stereocenters. The van der Waals surface area contributed by atoms with E-state index >= 15 is 0 Å². The third-order valence-electron chi connectivity index (χ3n) is 4.08. The molecule has 0 aliphatic heterocycles. The highest BCUT2D eigenvalue weighted by atomic mass is 127. The first-order valence-corrected chi connectivity index (χ1v) is 9.22. The summed E-state index contributed by atoms with van der Waals surface area (Å²) in [7, 11) is 0. The van der Waals surface area contributed by atoms with Gasteiger partial charge >= 0.3 is 0 Å². The molecule has 150 valence electrons. The first kappa shape index (κ1) is 23.4. The number of hydrogen-bond donors (Lipinski definition) is 3. The van der Waals surface area contributed by atoms with Gasteiger partial charge in [-0.3, -0.25) is 0 Å². The second kappa shape index (κ2) is 11.3. The second-order valence-electron chi connectivity index (χ2n) is 7.08. The van der Waals surface area contributed by atoms with Crippen LogP contribution in [0.15, 0.2) is 47.7 Å². The lowest BCUT2D eigenvalue weighted by atomic mass is 9.96. The Balaban J connectivity index is 0.00000364. The molecule has 0 radical (unpaired) electrons. The van der Waals surface area contributed by atoms with Crippen LogP contribution in [0.3, 0.4) is 0 Å². The minimum atomic E-state index is -0.979.